The fraction of sp³-hybridized carbons (Fsp3) is 0.250. The summed E-state index contributed by atoms with van der Waals surface area (Å²) in [6.45, 7) is 0.143. The molecule has 2 aromatic carbocycles. The van der Waals surface area contributed by atoms with E-state index in [0.717, 1.165) is 0 Å². The maximum Gasteiger partial charge on any atom is 0.190 e. The molecule has 0 aromatic heterocycles. The first-order chi connectivity index (χ1) is 10.1. The monoisotopic (exact) mass is 293 g/mol. The molecule has 0 aliphatic rings. The lowest BCUT2D eigenvalue weighted by Gasteiger charge is -2.14. The molecule has 2 rings (SSSR count). The average molecular weight is 293 g/mol. The zero-order valence-electron chi connectivity index (χ0n) is 11.6. The zero-order chi connectivity index (χ0) is 15.2. The quantitative estimate of drug-likeness (QED) is 0.860. The van der Waals surface area contributed by atoms with Gasteiger partial charge in [0.25, 0.3) is 0 Å². The van der Waals surface area contributed by atoms with E-state index in [2.05, 4.69) is 5.32 Å². The molecule has 0 radical (unpaired) electrons. The maximum atomic E-state index is 13.8. The second-order valence-corrected chi connectivity index (χ2v) is 4.66. The van der Waals surface area contributed by atoms with Crippen LogP contribution in [0.5, 0.6) is 5.75 Å². The van der Waals surface area contributed by atoms with Crippen molar-refractivity contribution in [1.82, 2.24) is 5.32 Å². The molecular weight excluding hydrogens is 276 g/mol. The number of aliphatic hydroxyl groups excluding tert-OH is 1. The molecule has 0 bridgehead atoms. The predicted molar refractivity (Wildman–Crippen MR) is 76.0 cm³/mol. The van der Waals surface area contributed by atoms with Crippen molar-refractivity contribution in [3.05, 3.63) is 65.2 Å². The third kappa shape index (κ3) is 4.00. The molecule has 0 aliphatic heterocycles. The number of benzene rings is 2. The lowest BCUT2D eigenvalue weighted by atomic mass is 10.1. The van der Waals surface area contributed by atoms with Gasteiger partial charge in [0.15, 0.2) is 17.4 Å². The number of halogens is 2. The number of nitrogens with one attached hydrogen (secondary N) is 1. The van der Waals surface area contributed by atoms with Gasteiger partial charge in [-0.1, -0.05) is 30.3 Å². The van der Waals surface area contributed by atoms with Gasteiger partial charge in [0.2, 0.25) is 0 Å². The lowest BCUT2D eigenvalue weighted by molar-refractivity contribution is 0.103. The van der Waals surface area contributed by atoms with Crippen LogP contribution in [0.15, 0.2) is 42.5 Å². The van der Waals surface area contributed by atoms with Crippen molar-refractivity contribution in [3.63, 3.8) is 0 Å². The van der Waals surface area contributed by atoms with Crippen LogP contribution in [0.3, 0.4) is 0 Å². The first-order valence-corrected chi connectivity index (χ1v) is 6.60. The first-order valence-electron chi connectivity index (χ1n) is 6.60. The first kappa shape index (κ1) is 15.4. The van der Waals surface area contributed by atoms with Crippen molar-refractivity contribution in [2.24, 2.45) is 0 Å². The van der Waals surface area contributed by atoms with E-state index in [1.165, 1.54) is 12.1 Å². The molecule has 0 heterocycles. The van der Waals surface area contributed by atoms with Gasteiger partial charge >= 0.3 is 0 Å². The summed E-state index contributed by atoms with van der Waals surface area (Å²) in [5.74, 6) is -2.02. The highest BCUT2D eigenvalue weighted by Crippen LogP contribution is 2.25. The van der Waals surface area contributed by atoms with Crippen LogP contribution < -0.4 is 10.1 Å². The minimum absolute atomic E-state index is 0.219. The molecule has 5 heteroatoms. The van der Waals surface area contributed by atoms with E-state index >= 15 is 0 Å². The van der Waals surface area contributed by atoms with Crippen LogP contribution in [-0.4, -0.2) is 18.8 Å². The van der Waals surface area contributed by atoms with E-state index in [4.69, 9.17) is 4.74 Å². The Bertz CT molecular complexity index is 567. The number of hydrogen-bond donors (Lipinski definition) is 2. The van der Waals surface area contributed by atoms with Gasteiger partial charge in [0.1, 0.15) is 12.7 Å². The summed E-state index contributed by atoms with van der Waals surface area (Å²) in [6, 6.07) is 11.2. The van der Waals surface area contributed by atoms with Crippen molar-refractivity contribution in [1.29, 1.82) is 0 Å². The summed E-state index contributed by atoms with van der Waals surface area (Å²) in [4.78, 5) is 0. The molecule has 112 valence electrons. The molecule has 1 atom stereocenters. The van der Waals surface area contributed by atoms with Crippen LogP contribution in [0.2, 0.25) is 0 Å². The van der Waals surface area contributed by atoms with E-state index in [1.807, 2.05) is 6.07 Å². The van der Waals surface area contributed by atoms with Crippen LogP contribution >= 0.6 is 0 Å². The Balaban J connectivity index is 2.06. The smallest absolute Gasteiger partial charge is 0.190 e. The SMILES string of the molecule is CNCc1cc(F)c(OCC(O)c2ccccc2)c(F)c1. The third-order valence-electron chi connectivity index (χ3n) is 3.01. The van der Waals surface area contributed by atoms with Crippen LogP contribution in [0.25, 0.3) is 0 Å². The van der Waals surface area contributed by atoms with Gasteiger partial charge in [0.05, 0.1) is 0 Å². The fourth-order valence-corrected chi connectivity index (χ4v) is 1.99. The normalized spacial score (nSPS) is 12.2. The molecule has 2 aromatic rings. The molecule has 0 amide bonds. The second-order valence-electron chi connectivity index (χ2n) is 4.66. The molecule has 21 heavy (non-hydrogen) atoms. The van der Waals surface area contributed by atoms with Crippen molar-refractivity contribution in [2.75, 3.05) is 13.7 Å². The van der Waals surface area contributed by atoms with Gasteiger partial charge in [-0.15, -0.1) is 0 Å². The Kier molecular flexibility index (Phi) is 5.25. The Morgan fingerprint density at radius 1 is 1.14 bits per heavy atom. The van der Waals surface area contributed by atoms with Gasteiger partial charge < -0.3 is 15.2 Å². The van der Waals surface area contributed by atoms with E-state index < -0.39 is 23.5 Å². The van der Waals surface area contributed by atoms with Crippen molar-refractivity contribution >= 4 is 0 Å². The molecule has 3 nitrogen and oxygen atoms in total. The summed E-state index contributed by atoms with van der Waals surface area (Å²) < 4.78 is 32.7. The maximum absolute atomic E-state index is 13.8. The summed E-state index contributed by atoms with van der Waals surface area (Å²) in [6.07, 6.45) is -0.943. The third-order valence-corrected chi connectivity index (χ3v) is 3.01. The fourth-order valence-electron chi connectivity index (χ4n) is 1.99. The van der Waals surface area contributed by atoms with Crippen molar-refractivity contribution < 1.29 is 18.6 Å². The molecule has 0 fully saturated rings. The minimum Gasteiger partial charge on any atom is -0.484 e. The zero-order valence-corrected chi connectivity index (χ0v) is 11.6. The minimum atomic E-state index is -0.943. The van der Waals surface area contributed by atoms with Crippen LogP contribution in [0, 0.1) is 11.6 Å². The molecule has 0 saturated heterocycles. The molecular formula is C16H17F2NO2. The van der Waals surface area contributed by atoms with Gasteiger partial charge in [0, 0.05) is 6.54 Å². The van der Waals surface area contributed by atoms with Crippen molar-refractivity contribution in [3.8, 4) is 5.75 Å². The standard InChI is InChI=1S/C16H17F2NO2/c1-19-9-11-7-13(17)16(14(18)8-11)21-10-15(20)12-5-3-2-4-6-12/h2-8,15,19-20H,9-10H2,1H3. The van der Waals surface area contributed by atoms with Crippen LogP contribution in [-0.2, 0) is 6.54 Å². The van der Waals surface area contributed by atoms with Gasteiger partial charge in [-0.2, -0.15) is 0 Å². The Labute approximate surface area is 122 Å². The Morgan fingerprint density at radius 2 is 1.76 bits per heavy atom. The molecule has 0 saturated carbocycles. The largest absolute Gasteiger partial charge is 0.484 e. The number of hydrogen-bond acceptors (Lipinski definition) is 3. The van der Waals surface area contributed by atoms with E-state index in [-0.39, 0.29) is 6.61 Å². The number of aliphatic hydroxyl groups is 1. The van der Waals surface area contributed by atoms with Crippen molar-refractivity contribution in [2.45, 2.75) is 12.6 Å². The molecule has 2 N–H and O–H groups in total. The Morgan fingerprint density at radius 3 is 2.33 bits per heavy atom. The topological polar surface area (TPSA) is 41.5 Å². The highest BCUT2D eigenvalue weighted by molar-refractivity contribution is 5.31. The second kappa shape index (κ2) is 7.15. The van der Waals surface area contributed by atoms with E-state index in [0.29, 0.717) is 17.7 Å². The van der Waals surface area contributed by atoms with E-state index in [1.54, 1.807) is 31.3 Å². The van der Waals surface area contributed by atoms with E-state index in [9.17, 15) is 13.9 Å². The highest BCUT2D eigenvalue weighted by atomic mass is 19.1. The predicted octanol–water partition coefficient (Wildman–Crippen LogP) is 2.80. The number of ether oxygens (including phenoxy) is 1. The lowest BCUT2D eigenvalue weighted by Crippen LogP contribution is -2.12. The number of rotatable bonds is 6. The molecule has 1 unspecified atom stereocenters. The van der Waals surface area contributed by atoms with Gasteiger partial charge in [-0.05, 0) is 30.3 Å². The molecule has 0 spiro atoms. The van der Waals surface area contributed by atoms with Gasteiger partial charge in [-0.25, -0.2) is 8.78 Å². The summed E-state index contributed by atoms with van der Waals surface area (Å²) in [7, 11) is 1.69. The van der Waals surface area contributed by atoms with Crippen LogP contribution in [0.1, 0.15) is 17.2 Å². The highest BCUT2D eigenvalue weighted by Gasteiger charge is 2.15. The Hall–Kier alpha value is -1.98. The average Bonchev–Trinajstić information content (AvgIpc) is 2.47. The van der Waals surface area contributed by atoms with Crippen LogP contribution in [0.4, 0.5) is 8.78 Å². The summed E-state index contributed by atoms with van der Waals surface area (Å²) in [5, 5.41) is 12.7. The summed E-state index contributed by atoms with van der Waals surface area (Å²) >= 11 is 0. The molecule has 0 aliphatic carbocycles. The summed E-state index contributed by atoms with van der Waals surface area (Å²) in [5.41, 5.74) is 1.12. The van der Waals surface area contributed by atoms with Gasteiger partial charge in [-0.3, -0.25) is 0 Å².